The Balaban J connectivity index is 1.32. The molecule has 0 bridgehead atoms. The van der Waals surface area contributed by atoms with Gasteiger partial charge in [0, 0.05) is 49.3 Å². The topological polar surface area (TPSA) is 49.3 Å². The Kier molecular flexibility index (Phi) is 6.06. The maximum absolute atomic E-state index is 12.6. The van der Waals surface area contributed by atoms with E-state index in [4.69, 9.17) is 11.6 Å². The minimum absolute atomic E-state index is 0.201. The number of carbonyl (C=O) groups excluding carboxylic acids is 1. The summed E-state index contributed by atoms with van der Waals surface area (Å²) < 4.78 is 0. The van der Waals surface area contributed by atoms with Crippen molar-refractivity contribution in [3.8, 4) is 11.3 Å². The Hall–Kier alpha value is -2.92. The number of rotatable bonds is 5. The number of benzene rings is 2. The minimum atomic E-state index is 0.201. The van der Waals surface area contributed by atoms with Gasteiger partial charge in [0.15, 0.2) is 0 Å². The number of hydrogen-bond donors (Lipinski definition) is 0. The molecule has 2 aromatic carbocycles. The molecule has 0 unspecified atom stereocenters. The monoisotopic (exact) mass is 406 g/mol. The van der Waals surface area contributed by atoms with E-state index < -0.39 is 0 Å². The third-order valence-electron chi connectivity index (χ3n) is 5.22. The number of nitrogens with zero attached hydrogens (tertiary/aromatic N) is 4. The smallest absolute Gasteiger partial charge is 0.223 e. The predicted octanol–water partition coefficient (Wildman–Crippen LogP) is 4.08. The predicted molar refractivity (Wildman–Crippen MR) is 116 cm³/mol. The van der Waals surface area contributed by atoms with Gasteiger partial charge in [-0.1, -0.05) is 54.1 Å². The van der Waals surface area contributed by atoms with Gasteiger partial charge in [0.05, 0.1) is 5.69 Å². The Morgan fingerprint density at radius 1 is 0.931 bits per heavy atom. The molecule has 1 amide bonds. The summed E-state index contributed by atoms with van der Waals surface area (Å²) in [6, 6.07) is 19.8. The fraction of sp³-hybridized carbons (Fsp3) is 0.261. The lowest BCUT2D eigenvalue weighted by Crippen LogP contribution is -2.49. The standard InChI is InChI=1S/C23H23ClN4O/c24-20-9-6-18(7-10-20)8-11-23(29)28-14-12-27(13-15-28)22-16-21(25-17-26-22)19-4-2-1-3-5-19/h1-7,9-10,16-17H,8,11-15H2. The Morgan fingerprint density at radius 3 is 2.38 bits per heavy atom. The van der Waals surface area contributed by atoms with E-state index in [1.54, 1.807) is 6.33 Å². The van der Waals surface area contributed by atoms with Crippen LogP contribution in [0.5, 0.6) is 0 Å². The quantitative estimate of drug-likeness (QED) is 0.640. The van der Waals surface area contributed by atoms with Gasteiger partial charge in [0.1, 0.15) is 12.1 Å². The molecule has 0 spiro atoms. The first-order valence-corrected chi connectivity index (χ1v) is 10.2. The Labute approximate surface area is 176 Å². The van der Waals surface area contributed by atoms with Crippen LogP contribution in [0, 0.1) is 0 Å². The maximum atomic E-state index is 12.6. The molecule has 2 heterocycles. The van der Waals surface area contributed by atoms with Gasteiger partial charge in [0.2, 0.25) is 5.91 Å². The number of amides is 1. The second-order valence-corrected chi connectivity index (χ2v) is 7.56. The summed E-state index contributed by atoms with van der Waals surface area (Å²) >= 11 is 5.92. The molecule has 0 saturated carbocycles. The van der Waals surface area contributed by atoms with Crippen LogP contribution in [0.3, 0.4) is 0 Å². The molecule has 1 saturated heterocycles. The molecule has 4 rings (SSSR count). The molecule has 1 aliphatic heterocycles. The second kappa shape index (κ2) is 9.05. The van der Waals surface area contributed by atoms with Crippen molar-refractivity contribution < 1.29 is 4.79 Å². The van der Waals surface area contributed by atoms with Gasteiger partial charge >= 0.3 is 0 Å². The van der Waals surface area contributed by atoms with E-state index in [0.717, 1.165) is 47.2 Å². The first-order chi connectivity index (χ1) is 14.2. The highest BCUT2D eigenvalue weighted by Gasteiger charge is 2.22. The molecule has 1 aromatic heterocycles. The van der Waals surface area contributed by atoms with Gasteiger partial charge in [-0.05, 0) is 24.1 Å². The molecule has 5 nitrogen and oxygen atoms in total. The average Bonchev–Trinajstić information content (AvgIpc) is 2.79. The molecule has 1 aliphatic rings. The molecule has 29 heavy (non-hydrogen) atoms. The number of aromatic nitrogens is 2. The van der Waals surface area contributed by atoms with Crippen LogP contribution in [0.1, 0.15) is 12.0 Å². The Morgan fingerprint density at radius 2 is 1.66 bits per heavy atom. The van der Waals surface area contributed by atoms with E-state index in [1.165, 1.54) is 0 Å². The van der Waals surface area contributed by atoms with Gasteiger partial charge < -0.3 is 9.80 Å². The molecule has 0 atom stereocenters. The van der Waals surface area contributed by atoms with Gasteiger partial charge in [-0.3, -0.25) is 4.79 Å². The third-order valence-corrected chi connectivity index (χ3v) is 5.47. The molecule has 1 fully saturated rings. The van der Waals surface area contributed by atoms with Crippen LogP contribution in [0.4, 0.5) is 5.82 Å². The van der Waals surface area contributed by atoms with Crippen molar-refractivity contribution in [2.75, 3.05) is 31.1 Å². The van der Waals surface area contributed by atoms with E-state index in [-0.39, 0.29) is 5.91 Å². The highest BCUT2D eigenvalue weighted by Crippen LogP contribution is 2.21. The Bertz CT molecular complexity index is 954. The maximum Gasteiger partial charge on any atom is 0.223 e. The van der Waals surface area contributed by atoms with Crippen LogP contribution < -0.4 is 4.90 Å². The molecule has 6 heteroatoms. The lowest BCUT2D eigenvalue weighted by molar-refractivity contribution is -0.131. The number of carbonyl (C=O) groups is 1. The van der Waals surface area contributed by atoms with Crippen LogP contribution in [0.25, 0.3) is 11.3 Å². The van der Waals surface area contributed by atoms with Crippen molar-refractivity contribution in [2.45, 2.75) is 12.8 Å². The fourth-order valence-electron chi connectivity index (χ4n) is 3.53. The van der Waals surface area contributed by atoms with Crippen molar-refractivity contribution in [3.63, 3.8) is 0 Å². The van der Waals surface area contributed by atoms with Crippen molar-refractivity contribution in [1.82, 2.24) is 14.9 Å². The zero-order valence-electron chi connectivity index (χ0n) is 16.2. The van der Waals surface area contributed by atoms with E-state index in [0.29, 0.717) is 19.5 Å². The van der Waals surface area contributed by atoms with Crippen LogP contribution in [0.15, 0.2) is 67.0 Å². The third kappa shape index (κ3) is 4.93. The van der Waals surface area contributed by atoms with Crippen LogP contribution in [-0.4, -0.2) is 47.0 Å². The largest absolute Gasteiger partial charge is 0.353 e. The number of aryl methyl sites for hydroxylation is 1. The lowest BCUT2D eigenvalue weighted by Gasteiger charge is -2.35. The zero-order chi connectivity index (χ0) is 20.1. The van der Waals surface area contributed by atoms with Gasteiger partial charge in [-0.2, -0.15) is 0 Å². The van der Waals surface area contributed by atoms with E-state index in [1.807, 2.05) is 65.6 Å². The summed E-state index contributed by atoms with van der Waals surface area (Å²) in [5.74, 6) is 1.11. The summed E-state index contributed by atoms with van der Waals surface area (Å²) in [5.41, 5.74) is 3.13. The summed E-state index contributed by atoms with van der Waals surface area (Å²) in [6.07, 6.45) is 2.87. The summed E-state index contributed by atoms with van der Waals surface area (Å²) in [4.78, 5) is 25.6. The zero-order valence-corrected chi connectivity index (χ0v) is 16.9. The number of hydrogen-bond acceptors (Lipinski definition) is 4. The summed E-state index contributed by atoms with van der Waals surface area (Å²) in [6.45, 7) is 2.98. The number of piperazine rings is 1. The van der Waals surface area contributed by atoms with Crippen molar-refractivity contribution in [3.05, 3.63) is 77.6 Å². The first kappa shape index (κ1) is 19.4. The van der Waals surface area contributed by atoms with Crippen LogP contribution >= 0.6 is 11.6 Å². The molecule has 148 valence electrons. The molecular formula is C23H23ClN4O. The molecule has 0 radical (unpaired) electrons. The average molecular weight is 407 g/mol. The summed E-state index contributed by atoms with van der Waals surface area (Å²) in [7, 11) is 0. The normalized spacial score (nSPS) is 14.1. The molecule has 3 aromatic rings. The fourth-order valence-corrected chi connectivity index (χ4v) is 3.66. The van der Waals surface area contributed by atoms with Gasteiger partial charge in [-0.25, -0.2) is 9.97 Å². The highest BCUT2D eigenvalue weighted by atomic mass is 35.5. The molecule has 0 N–H and O–H groups in total. The van der Waals surface area contributed by atoms with Crippen molar-refractivity contribution in [2.24, 2.45) is 0 Å². The van der Waals surface area contributed by atoms with Crippen molar-refractivity contribution in [1.29, 1.82) is 0 Å². The van der Waals surface area contributed by atoms with Crippen LogP contribution in [0.2, 0.25) is 5.02 Å². The van der Waals surface area contributed by atoms with E-state index in [9.17, 15) is 4.79 Å². The minimum Gasteiger partial charge on any atom is -0.353 e. The lowest BCUT2D eigenvalue weighted by atomic mass is 10.1. The molecule has 0 aliphatic carbocycles. The van der Waals surface area contributed by atoms with Crippen molar-refractivity contribution >= 4 is 23.3 Å². The second-order valence-electron chi connectivity index (χ2n) is 7.12. The van der Waals surface area contributed by atoms with E-state index in [2.05, 4.69) is 14.9 Å². The first-order valence-electron chi connectivity index (χ1n) is 9.84. The summed E-state index contributed by atoms with van der Waals surface area (Å²) in [5, 5.41) is 0.719. The van der Waals surface area contributed by atoms with E-state index >= 15 is 0 Å². The highest BCUT2D eigenvalue weighted by molar-refractivity contribution is 6.30. The van der Waals surface area contributed by atoms with Crippen LogP contribution in [-0.2, 0) is 11.2 Å². The van der Waals surface area contributed by atoms with Gasteiger partial charge in [0.25, 0.3) is 0 Å². The number of halogens is 1. The number of anilines is 1. The molecular weight excluding hydrogens is 384 g/mol. The SMILES string of the molecule is O=C(CCc1ccc(Cl)cc1)N1CCN(c2cc(-c3ccccc3)ncn2)CC1. The van der Waals surface area contributed by atoms with Gasteiger partial charge in [-0.15, -0.1) is 0 Å².